The lowest BCUT2D eigenvalue weighted by molar-refractivity contribution is -0.137. The SMILES string of the molecule is CN1C(N2CC(F)(F)C2)=NC(C2CCN(Cc3cnc[nH]3)C2)=CC1Nc1cc(C(F)(F)F)ccn1. The first kappa shape index (κ1) is 23.5. The van der Waals surface area contributed by atoms with Gasteiger partial charge in [-0.2, -0.15) is 13.2 Å². The van der Waals surface area contributed by atoms with Crippen LogP contribution in [0.4, 0.5) is 27.8 Å². The third-order valence-corrected chi connectivity index (χ3v) is 6.44. The summed E-state index contributed by atoms with van der Waals surface area (Å²) in [6.07, 6.45) is 2.04. The number of alkyl halides is 5. The predicted octanol–water partition coefficient (Wildman–Crippen LogP) is 3.22. The molecule has 2 aromatic rings. The van der Waals surface area contributed by atoms with Crippen molar-refractivity contribution in [2.24, 2.45) is 10.9 Å². The van der Waals surface area contributed by atoms with E-state index >= 15 is 0 Å². The van der Waals surface area contributed by atoms with Gasteiger partial charge in [-0.05, 0) is 31.2 Å². The van der Waals surface area contributed by atoms with Gasteiger partial charge in [0.15, 0.2) is 0 Å². The first-order chi connectivity index (χ1) is 16.6. The molecule has 2 aromatic heterocycles. The molecule has 0 saturated carbocycles. The molecule has 0 aromatic carbocycles. The van der Waals surface area contributed by atoms with Crippen molar-refractivity contribution in [2.75, 3.05) is 38.5 Å². The topological polar surface area (TPSA) is 75.7 Å². The number of nitrogens with one attached hydrogen (secondary N) is 2. The van der Waals surface area contributed by atoms with Crippen molar-refractivity contribution in [3.05, 3.63) is 53.9 Å². The number of likely N-dealkylation sites (N-methyl/N-ethyl adjacent to an activating group) is 1. The zero-order valence-electron chi connectivity index (χ0n) is 18.9. The lowest BCUT2D eigenvalue weighted by Crippen LogP contribution is -2.63. The van der Waals surface area contributed by atoms with Gasteiger partial charge in [0, 0.05) is 49.8 Å². The number of rotatable bonds is 5. The molecule has 13 heteroatoms. The number of imidazole rings is 1. The van der Waals surface area contributed by atoms with Gasteiger partial charge in [-0.25, -0.2) is 23.7 Å². The summed E-state index contributed by atoms with van der Waals surface area (Å²) in [4.78, 5) is 21.3. The van der Waals surface area contributed by atoms with Crippen LogP contribution in [-0.2, 0) is 12.7 Å². The Labute approximate surface area is 198 Å². The third kappa shape index (κ3) is 5.09. The van der Waals surface area contributed by atoms with Gasteiger partial charge in [-0.1, -0.05) is 0 Å². The fraction of sp³-hybridized carbons (Fsp3) is 0.500. The minimum Gasteiger partial charge on any atom is -0.347 e. The molecule has 8 nitrogen and oxygen atoms in total. The van der Waals surface area contributed by atoms with Crippen molar-refractivity contribution in [3.63, 3.8) is 0 Å². The second-order valence-electron chi connectivity index (χ2n) is 9.14. The van der Waals surface area contributed by atoms with E-state index in [0.29, 0.717) is 12.5 Å². The molecule has 0 spiro atoms. The number of likely N-dealkylation sites (tertiary alicyclic amines) is 2. The molecule has 0 amide bonds. The highest BCUT2D eigenvalue weighted by atomic mass is 19.4. The van der Waals surface area contributed by atoms with Crippen molar-refractivity contribution in [3.8, 4) is 0 Å². The number of hydrogen-bond donors (Lipinski definition) is 2. The van der Waals surface area contributed by atoms with Crippen molar-refractivity contribution in [1.29, 1.82) is 0 Å². The quantitative estimate of drug-likeness (QED) is 0.620. The van der Waals surface area contributed by atoms with Crippen molar-refractivity contribution < 1.29 is 22.0 Å². The van der Waals surface area contributed by atoms with Crippen LogP contribution in [0.1, 0.15) is 17.7 Å². The number of hydrogen-bond acceptors (Lipinski definition) is 7. The van der Waals surface area contributed by atoms with Crippen LogP contribution < -0.4 is 5.32 Å². The number of guanidine groups is 1. The smallest absolute Gasteiger partial charge is 0.347 e. The molecule has 2 saturated heterocycles. The summed E-state index contributed by atoms with van der Waals surface area (Å²) in [5.74, 6) is -2.33. The maximum absolute atomic E-state index is 13.6. The zero-order chi connectivity index (χ0) is 24.8. The number of pyridine rings is 1. The normalized spacial score (nSPS) is 24.7. The van der Waals surface area contributed by atoms with E-state index in [-0.39, 0.29) is 11.7 Å². The minimum atomic E-state index is -4.50. The molecule has 3 aliphatic rings. The Morgan fingerprint density at radius 2 is 2.06 bits per heavy atom. The molecule has 0 bridgehead atoms. The van der Waals surface area contributed by atoms with Crippen LogP contribution in [0.5, 0.6) is 0 Å². The van der Waals surface area contributed by atoms with Gasteiger partial charge in [-0.3, -0.25) is 4.90 Å². The lowest BCUT2D eigenvalue weighted by atomic mass is 10.0. The standard InChI is InChI=1S/C22H25F5N8/c1-33-19(32-18-6-15(2-4-29-18)22(25,26)27)7-17(31-20(33)35-11-21(23,24)12-35)14-3-5-34(9-14)10-16-8-28-13-30-16/h2,4,6-8,13-14,19H,3,5,9-12H2,1H3,(H,28,30)(H,29,32). The van der Waals surface area contributed by atoms with Gasteiger partial charge in [0.05, 0.1) is 25.0 Å². The third-order valence-electron chi connectivity index (χ3n) is 6.44. The molecule has 5 rings (SSSR count). The maximum Gasteiger partial charge on any atom is 0.416 e. The van der Waals surface area contributed by atoms with Gasteiger partial charge in [0.25, 0.3) is 5.92 Å². The summed E-state index contributed by atoms with van der Waals surface area (Å²) >= 11 is 0. The van der Waals surface area contributed by atoms with Gasteiger partial charge >= 0.3 is 6.18 Å². The van der Waals surface area contributed by atoms with Gasteiger partial charge in [-0.15, -0.1) is 0 Å². The minimum absolute atomic E-state index is 0.0368. The highest BCUT2D eigenvalue weighted by Gasteiger charge is 2.47. The predicted molar refractivity (Wildman–Crippen MR) is 118 cm³/mol. The van der Waals surface area contributed by atoms with E-state index in [4.69, 9.17) is 4.99 Å². The second kappa shape index (κ2) is 8.77. The van der Waals surface area contributed by atoms with Gasteiger partial charge < -0.3 is 20.1 Å². The number of nitrogens with zero attached hydrogens (tertiary/aromatic N) is 6. The number of halogens is 5. The van der Waals surface area contributed by atoms with E-state index in [1.165, 1.54) is 4.90 Å². The van der Waals surface area contributed by atoms with Crippen LogP contribution in [-0.4, -0.2) is 80.9 Å². The maximum atomic E-state index is 13.6. The summed E-state index contributed by atoms with van der Waals surface area (Å²) in [5, 5.41) is 3.01. The fourth-order valence-corrected chi connectivity index (χ4v) is 4.61. The average Bonchev–Trinajstić information content (AvgIpc) is 3.46. The first-order valence-electron chi connectivity index (χ1n) is 11.2. The van der Waals surface area contributed by atoms with Crippen molar-refractivity contribution in [2.45, 2.75) is 31.2 Å². The summed E-state index contributed by atoms with van der Waals surface area (Å²) in [6.45, 7) is 1.35. The van der Waals surface area contributed by atoms with Crippen LogP contribution in [0.3, 0.4) is 0 Å². The number of anilines is 1. The fourth-order valence-electron chi connectivity index (χ4n) is 4.61. The summed E-state index contributed by atoms with van der Waals surface area (Å²) < 4.78 is 66.8. The number of aromatic amines is 1. The first-order valence-corrected chi connectivity index (χ1v) is 11.2. The molecule has 2 unspecified atom stereocenters. The lowest BCUT2D eigenvalue weighted by Gasteiger charge is -2.46. The molecule has 5 heterocycles. The molecule has 0 radical (unpaired) electrons. The van der Waals surface area contributed by atoms with E-state index < -0.39 is 36.9 Å². The molecule has 2 atom stereocenters. The average molecular weight is 496 g/mol. The van der Waals surface area contributed by atoms with Crippen LogP contribution in [0, 0.1) is 5.92 Å². The second-order valence-corrected chi connectivity index (χ2v) is 9.14. The molecular weight excluding hydrogens is 471 g/mol. The Morgan fingerprint density at radius 3 is 2.74 bits per heavy atom. The summed E-state index contributed by atoms with van der Waals surface area (Å²) in [7, 11) is 1.67. The Hall–Kier alpha value is -3.22. The Morgan fingerprint density at radius 1 is 1.26 bits per heavy atom. The number of H-pyrrole nitrogens is 1. The van der Waals surface area contributed by atoms with E-state index in [2.05, 4.69) is 25.2 Å². The van der Waals surface area contributed by atoms with Crippen LogP contribution in [0.15, 0.2) is 47.6 Å². The molecule has 3 aliphatic heterocycles. The van der Waals surface area contributed by atoms with Crippen LogP contribution in [0.25, 0.3) is 0 Å². The highest BCUT2D eigenvalue weighted by molar-refractivity contribution is 5.84. The van der Waals surface area contributed by atoms with Crippen LogP contribution in [0.2, 0.25) is 0 Å². The largest absolute Gasteiger partial charge is 0.416 e. The summed E-state index contributed by atoms with van der Waals surface area (Å²) in [5.41, 5.74) is 0.897. The Balaban J connectivity index is 1.37. The Kier molecular flexibility index (Phi) is 5.90. The van der Waals surface area contributed by atoms with Crippen molar-refractivity contribution in [1.82, 2.24) is 29.7 Å². The van der Waals surface area contributed by atoms with Crippen LogP contribution >= 0.6 is 0 Å². The van der Waals surface area contributed by atoms with E-state index in [0.717, 1.165) is 49.2 Å². The monoisotopic (exact) mass is 496 g/mol. The van der Waals surface area contributed by atoms with E-state index in [1.807, 2.05) is 6.08 Å². The zero-order valence-corrected chi connectivity index (χ0v) is 18.9. The molecule has 35 heavy (non-hydrogen) atoms. The molecule has 2 fully saturated rings. The Bertz CT molecular complexity index is 1110. The molecule has 0 aliphatic carbocycles. The van der Waals surface area contributed by atoms with Crippen molar-refractivity contribution >= 4 is 11.8 Å². The van der Waals surface area contributed by atoms with E-state index in [1.54, 1.807) is 24.5 Å². The summed E-state index contributed by atoms with van der Waals surface area (Å²) in [6, 6.07) is 1.84. The molecule has 2 N–H and O–H groups in total. The highest BCUT2D eigenvalue weighted by Crippen LogP contribution is 2.34. The van der Waals surface area contributed by atoms with Gasteiger partial charge in [0.2, 0.25) is 5.96 Å². The number of aromatic nitrogens is 3. The molecular formula is C22H25F5N8. The molecule has 188 valence electrons. The van der Waals surface area contributed by atoms with Gasteiger partial charge in [0.1, 0.15) is 12.0 Å². The number of aliphatic imine (C=N–C) groups is 1. The van der Waals surface area contributed by atoms with E-state index in [9.17, 15) is 22.0 Å².